The van der Waals surface area contributed by atoms with Gasteiger partial charge in [-0.15, -0.1) is 0 Å². The predicted molar refractivity (Wildman–Crippen MR) is 124 cm³/mol. The van der Waals surface area contributed by atoms with Gasteiger partial charge in [0.25, 0.3) is 0 Å². The molecule has 35 heavy (non-hydrogen) atoms. The molecule has 0 saturated heterocycles. The van der Waals surface area contributed by atoms with E-state index < -0.39 is 18.1 Å². The summed E-state index contributed by atoms with van der Waals surface area (Å²) >= 11 is 0. The normalized spacial score (nSPS) is 18.5. The van der Waals surface area contributed by atoms with Crippen molar-refractivity contribution in [2.45, 2.75) is 50.7 Å². The number of benzene rings is 1. The smallest absolute Gasteiger partial charge is 0.346 e. The van der Waals surface area contributed by atoms with Gasteiger partial charge in [0.05, 0.1) is 22.4 Å². The van der Waals surface area contributed by atoms with Crippen LogP contribution in [0.3, 0.4) is 0 Å². The molecule has 0 aliphatic heterocycles. The van der Waals surface area contributed by atoms with Gasteiger partial charge in [0.15, 0.2) is 0 Å². The van der Waals surface area contributed by atoms with E-state index in [9.17, 15) is 18.0 Å². The number of amides is 1. The van der Waals surface area contributed by atoms with Gasteiger partial charge in [0, 0.05) is 35.6 Å². The van der Waals surface area contributed by atoms with Crippen molar-refractivity contribution in [2.75, 3.05) is 0 Å². The second-order valence-electron chi connectivity index (χ2n) is 8.79. The molecule has 1 aliphatic rings. The number of carbonyl (C=O) groups excluding carboxylic acids is 1. The molecule has 0 radical (unpaired) electrons. The first kappa shape index (κ1) is 22.9. The first-order valence-electron chi connectivity index (χ1n) is 11.4. The summed E-state index contributed by atoms with van der Waals surface area (Å²) in [6.07, 6.45) is 0.541. The Kier molecular flexibility index (Phi) is 5.96. The average molecular weight is 480 g/mol. The van der Waals surface area contributed by atoms with Gasteiger partial charge in [0.1, 0.15) is 11.5 Å². The number of nitrogens with one attached hydrogen (secondary N) is 2. The number of halogens is 3. The van der Waals surface area contributed by atoms with Gasteiger partial charge in [-0.25, -0.2) is 4.98 Å². The Morgan fingerprint density at radius 1 is 1.00 bits per heavy atom. The lowest BCUT2D eigenvalue weighted by Gasteiger charge is -2.28. The molecule has 1 aliphatic carbocycles. The van der Waals surface area contributed by atoms with Crippen molar-refractivity contribution < 1.29 is 18.0 Å². The third kappa shape index (κ3) is 4.87. The van der Waals surface area contributed by atoms with Crippen LogP contribution < -0.4 is 5.32 Å². The van der Waals surface area contributed by atoms with Crippen molar-refractivity contribution in [3.8, 4) is 22.6 Å². The highest BCUT2D eigenvalue weighted by Gasteiger charge is 2.40. The summed E-state index contributed by atoms with van der Waals surface area (Å²) in [5.41, 5.74) is 5.53. The summed E-state index contributed by atoms with van der Waals surface area (Å²) in [6.45, 7) is 1.92. The van der Waals surface area contributed by atoms with Crippen LogP contribution in [0.1, 0.15) is 43.1 Å². The molecule has 3 aromatic heterocycles. The number of hydrogen-bond donors (Lipinski definition) is 2. The van der Waals surface area contributed by atoms with E-state index in [2.05, 4.69) is 25.3 Å². The lowest BCUT2D eigenvalue weighted by molar-refractivity contribution is -0.174. The van der Waals surface area contributed by atoms with Crippen LogP contribution in [-0.4, -0.2) is 43.0 Å². The molecule has 1 amide bonds. The molecule has 1 saturated carbocycles. The number of hydrogen-bond acceptors (Lipinski definition) is 5. The van der Waals surface area contributed by atoms with Crippen LogP contribution in [0.25, 0.3) is 33.7 Å². The Labute approximate surface area is 199 Å². The minimum absolute atomic E-state index is 0.0339. The Hall–Kier alpha value is -3.82. The van der Waals surface area contributed by atoms with Crippen molar-refractivity contribution in [3.05, 3.63) is 60.3 Å². The van der Waals surface area contributed by atoms with Crippen LogP contribution >= 0.6 is 0 Å². The van der Waals surface area contributed by atoms with Gasteiger partial charge in [-0.05, 0) is 56.9 Å². The standard InChI is InChI=1S/C25H23F3N6O/c1-14-3-2-4-19(31-14)22-21(16-7-10-18-20(13-16)30-12-11-29-18)33-23(34-22)15-5-8-17(9-6-15)32-24(35)25(26,27)28/h2-4,7,10-13,15,17H,5-6,8-9H2,1H3,(H,32,35)(H,33,34). The van der Waals surface area contributed by atoms with Gasteiger partial charge >= 0.3 is 12.1 Å². The topological polar surface area (TPSA) is 96.5 Å². The predicted octanol–water partition coefficient (Wildman–Crippen LogP) is 5.10. The number of aryl methyl sites for hydroxylation is 1. The van der Waals surface area contributed by atoms with Crippen molar-refractivity contribution in [2.24, 2.45) is 0 Å². The molecule has 10 heteroatoms. The molecule has 0 unspecified atom stereocenters. The number of alkyl halides is 3. The van der Waals surface area contributed by atoms with Gasteiger partial charge in [-0.1, -0.05) is 12.1 Å². The van der Waals surface area contributed by atoms with E-state index >= 15 is 0 Å². The number of H-pyrrole nitrogens is 1. The van der Waals surface area contributed by atoms with Crippen LogP contribution in [0.4, 0.5) is 13.2 Å². The molecule has 0 spiro atoms. The van der Waals surface area contributed by atoms with Crippen molar-refractivity contribution in [1.29, 1.82) is 0 Å². The summed E-state index contributed by atoms with van der Waals surface area (Å²) in [5.74, 6) is -1.09. The number of aromatic nitrogens is 5. The van der Waals surface area contributed by atoms with Gasteiger partial charge in [-0.2, -0.15) is 13.2 Å². The third-order valence-corrected chi connectivity index (χ3v) is 6.32. The Balaban J connectivity index is 1.45. The molecule has 180 valence electrons. The molecule has 7 nitrogen and oxygen atoms in total. The zero-order chi connectivity index (χ0) is 24.6. The summed E-state index contributed by atoms with van der Waals surface area (Å²) in [6, 6.07) is 11.1. The zero-order valence-electron chi connectivity index (χ0n) is 18.9. The fourth-order valence-corrected chi connectivity index (χ4v) is 4.55. The molecule has 0 atom stereocenters. The number of fused-ring (bicyclic) bond motifs is 1. The molecular weight excluding hydrogens is 457 g/mol. The highest BCUT2D eigenvalue weighted by Crippen LogP contribution is 2.37. The molecule has 2 N–H and O–H groups in total. The molecular formula is C25H23F3N6O. The van der Waals surface area contributed by atoms with Gasteiger partial charge < -0.3 is 10.3 Å². The number of pyridine rings is 1. The lowest BCUT2D eigenvalue weighted by Crippen LogP contribution is -2.44. The summed E-state index contributed by atoms with van der Waals surface area (Å²) in [4.78, 5) is 33.0. The maximum Gasteiger partial charge on any atom is 0.471 e. The monoisotopic (exact) mass is 480 g/mol. The SMILES string of the molecule is Cc1cccc(-c2nc(C3CCC(NC(=O)C(F)(F)F)CC3)[nH]c2-c2ccc3nccnc3c2)n1. The van der Waals surface area contributed by atoms with E-state index in [1.165, 1.54) is 0 Å². The van der Waals surface area contributed by atoms with Crippen LogP contribution in [0, 0.1) is 6.92 Å². The number of rotatable bonds is 4. The minimum Gasteiger partial charge on any atom is -0.346 e. The summed E-state index contributed by atoms with van der Waals surface area (Å²) in [5, 5.41) is 2.10. The molecule has 5 rings (SSSR count). The fraction of sp³-hybridized carbons (Fsp3) is 0.320. The molecule has 1 aromatic carbocycles. The van der Waals surface area contributed by atoms with E-state index in [0.717, 1.165) is 39.5 Å². The van der Waals surface area contributed by atoms with Crippen LogP contribution in [0.2, 0.25) is 0 Å². The van der Waals surface area contributed by atoms with Gasteiger partial charge in [0.2, 0.25) is 0 Å². The van der Waals surface area contributed by atoms with E-state index in [-0.39, 0.29) is 5.92 Å². The molecule has 1 fully saturated rings. The molecule has 4 aromatic rings. The fourth-order valence-electron chi connectivity index (χ4n) is 4.55. The molecule has 3 heterocycles. The van der Waals surface area contributed by atoms with E-state index in [1.54, 1.807) is 12.4 Å². The van der Waals surface area contributed by atoms with E-state index in [4.69, 9.17) is 4.98 Å². The largest absolute Gasteiger partial charge is 0.471 e. The van der Waals surface area contributed by atoms with Gasteiger partial charge in [-0.3, -0.25) is 19.7 Å². The van der Waals surface area contributed by atoms with Crippen LogP contribution in [0.15, 0.2) is 48.8 Å². The van der Waals surface area contributed by atoms with Crippen molar-refractivity contribution in [1.82, 2.24) is 30.2 Å². The maximum absolute atomic E-state index is 12.6. The average Bonchev–Trinajstić information content (AvgIpc) is 3.29. The minimum atomic E-state index is -4.87. The lowest BCUT2D eigenvalue weighted by atomic mass is 9.85. The Bertz CT molecular complexity index is 1380. The van der Waals surface area contributed by atoms with E-state index in [0.29, 0.717) is 31.4 Å². The quantitative estimate of drug-likeness (QED) is 0.424. The number of aromatic amines is 1. The highest BCUT2D eigenvalue weighted by atomic mass is 19.4. The summed E-state index contributed by atoms with van der Waals surface area (Å²) < 4.78 is 37.8. The third-order valence-electron chi connectivity index (χ3n) is 6.32. The number of imidazole rings is 1. The van der Waals surface area contributed by atoms with Crippen LogP contribution in [-0.2, 0) is 4.79 Å². The Morgan fingerprint density at radius 2 is 1.74 bits per heavy atom. The second kappa shape index (κ2) is 9.09. The highest BCUT2D eigenvalue weighted by molar-refractivity contribution is 5.84. The number of carbonyl (C=O) groups is 1. The van der Waals surface area contributed by atoms with Crippen LogP contribution in [0.5, 0.6) is 0 Å². The Morgan fingerprint density at radius 3 is 2.46 bits per heavy atom. The van der Waals surface area contributed by atoms with Crippen molar-refractivity contribution in [3.63, 3.8) is 0 Å². The second-order valence-corrected chi connectivity index (χ2v) is 8.79. The first-order chi connectivity index (χ1) is 16.8. The van der Waals surface area contributed by atoms with E-state index in [1.807, 2.05) is 43.3 Å². The molecule has 0 bridgehead atoms. The zero-order valence-corrected chi connectivity index (χ0v) is 18.9. The maximum atomic E-state index is 12.6. The van der Waals surface area contributed by atoms with Crippen molar-refractivity contribution >= 4 is 16.9 Å². The first-order valence-corrected chi connectivity index (χ1v) is 11.4. The summed E-state index contributed by atoms with van der Waals surface area (Å²) in [7, 11) is 0. The number of nitrogens with zero attached hydrogens (tertiary/aromatic N) is 4.